The van der Waals surface area contributed by atoms with Gasteiger partial charge in [0.1, 0.15) is 9.96 Å². The molecule has 9 heteroatoms. The zero-order chi connectivity index (χ0) is 17.5. The molecule has 124 valence electrons. The number of benzene rings is 2. The third-order valence-corrected chi connectivity index (χ3v) is 6.50. The Morgan fingerprint density at radius 2 is 1.79 bits per heavy atom. The molecule has 0 aliphatic carbocycles. The van der Waals surface area contributed by atoms with Gasteiger partial charge in [-0.25, -0.2) is 8.42 Å². The summed E-state index contributed by atoms with van der Waals surface area (Å²) in [5, 5.41) is 13.0. The summed E-state index contributed by atoms with van der Waals surface area (Å²) in [7, 11) is -3.54. The summed E-state index contributed by atoms with van der Waals surface area (Å²) in [6.07, 6.45) is 1.00. The second-order valence-electron chi connectivity index (χ2n) is 5.02. The number of thiophene rings is 1. The van der Waals surface area contributed by atoms with Gasteiger partial charge in [0.2, 0.25) is 0 Å². The summed E-state index contributed by atoms with van der Waals surface area (Å²) in [6.45, 7) is 0. The molecule has 24 heavy (non-hydrogen) atoms. The maximum absolute atomic E-state index is 11.6. The van der Waals surface area contributed by atoms with Crippen LogP contribution in [0.3, 0.4) is 0 Å². The van der Waals surface area contributed by atoms with Crippen molar-refractivity contribution in [3.8, 4) is 10.8 Å². The fourth-order valence-corrected chi connectivity index (χ4v) is 4.36. The van der Waals surface area contributed by atoms with Crippen molar-refractivity contribution in [1.29, 1.82) is 0 Å². The predicted molar refractivity (Wildman–Crippen MR) is 95.8 cm³/mol. The van der Waals surface area contributed by atoms with Gasteiger partial charge in [-0.3, -0.25) is 10.1 Å². The van der Waals surface area contributed by atoms with Crippen LogP contribution in [0.15, 0.2) is 51.1 Å². The summed E-state index contributed by atoms with van der Waals surface area (Å²) < 4.78 is 29.6. The maximum atomic E-state index is 11.6. The van der Waals surface area contributed by atoms with E-state index in [-0.39, 0.29) is 15.0 Å². The van der Waals surface area contributed by atoms with Crippen molar-refractivity contribution in [1.82, 2.24) is 0 Å². The minimum atomic E-state index is -3.54. The number of halogens is 1. The molecule has 0 aliphatic rings. The average molecular weight is 428 g/mol. The standard InChI is InChI=1S/C15H10BrNO5S2/c1-24(20,21)14-8-13(17(18)19)15(23-14)22-12-5-3-9-6-11(16)4-2-10(9)7-12/h2-8H,1H3. The van der Waals surface area contributed by atoms with Crippen LogP contribution in [0.2, 0.25) is 0 Å². The van der Waals surface area contributed by atoms with Gasteiger partial charge >= 0.3 is 5.69 Å². The number of rotatable bonds is 4. The Morgan fingerprint density at radius 1 is 1.12 bits per heavy atom. The van der Waals surface area contributed by atoms with E-state index in [1.54, 1.807) is 12.1 Å². The monoisotopic (exact) mass is 427 g/mol. The highest BCUT2D eigenvalue weighted by molar-refractivity contribution is 9.10. The Morgan fingerprint density at radius 3 is 2.46 bits per heavy atom. The van der Waals surface area contributed by atoms with Crippen LogP contribution < -0.4 is 4.74 Å². The quantitative estimate of drug-likeness (QED) is 0.442. The molecular weight excluding hydrogens is 418 g/mol. The average Bonchev–Trinajstić information content (AvgIpc) is 2.91. The molecule has 3 aromatic rings. The molecule has 0 bridgehead atoms. The first-order valence-corrected chi connectivity index (χ1v) is 10.1. The van der Waals surface area contributed by atoms with Gasteiger partial charge in [0.15, 0.2) is 9.84 Å². The number of hydrogen-bond acceptors (Lipinski definition) is 6. The molecule has 1 aromatic heterocycles. The molecule has 0 radical (unpaired) electrons. The van der Waals surface area contributed by atoms with E-state index >= 15 is 0 Å². The van der Waals surface area contributed by atoms with Crippen molar-refractivity contribution in [3.05, 3.63) is 57.1 Å². The Balaban J connectivity index is 2.03. The molecule has 0 unspecified atom stereocenters. The number of ether oxygens (including phenoxy) is 1. The first-order valence-electron chi connectivity index (χ1n) is 6.59. The van der Waals surface area contributed by atoms with Crippen LogP contribution in [0.5, 0.6) is 10.8 Å². The van der Waals surface area contributed by atoms with Crippen molar-refractivity contribution in [2.75, 3.05) is 6.26 Å². The molecule has 2 aromatic carbocycles. The van der Waals surface area contributed by atoms with Crippen LogP contribution in [0.1, 0.15) is 0 Å². The first kappa shape index (κ1) is 16.9. The Bertz CT molecular complexity index is 1060. The van der Waals surface area contributed by atoms with E-state index in [0.717, 1.165) is 38.9 Å². The number of fused-ring (bicyclic) bond motifs is 1. The molecular formula is C15H10BrNO5S2. The van der Waals surface area contributed by atoms with Gasteiger partial charge in [0.25, 0.3) is 5.06 Å². The van der Waals surface area contributed by atoms with E-state index in [0.29, 0.717) is 5.75 Å². The van der Waals surface area contributed by atoms with Crippen molar-refractivity contribution < 1.29 is 18.1 Å². The van der Waals surface area contributed by atoms with E-state index in [1.165, 1.54) is 0 Å². The number of nitrogens with zero attached hydrogens (tertiary/aromatic N) is 1. The second-order valence-corrected chi connectivity index (χ2v) is 9.20. The summed E-state index contributed by atoms with van der Waals surface area (Å²) in [6, 6.07) is 12.0. The third kappa shape index (κ3) is 3.42. The zero-order valence-corrected chi connectivity index (χ0v) is 15.4. The molecule has 6 nitrogen and oxygen atoms in total. The van der Waals surface area contributed by atoms with E-state index in [9.17, 15) is 18.5 Å². The van der Waals surface area contributed by atoms with E-state index in [1.807, 2.05) is 24.3 Å². The molecule has 3 rings (SSSR count). The third-order valence-electron chi connectivity index (χ3n) is 3.20. The van der Waals surface area contributed by atoms with Gasteiger partial charge in [0, 0.05) is 16.8 Å². The minimum absolute atomic E-state index is 0.0584. The van der Waals surface area contributed by atoms with Gasteiger partial charge in [-0.2, -0.15) is 0 Å². The van der Waals surface area contributed by atoms with Gasteiger partial charge in [0.05, 0.1) is 4.92 Å². The normalized spacial score (nSPS) is 11.6. The molecule has 0 amide bonds. The second kappa shape index (κ2) is 6.15. The lowest BCUT2D eigenvalue weighted by Gasteiger charge is -2.05. The van der Waals surface area contributed by atoms with Gasteiger partial charge in [-0.05, 0) is 35.0 Å². The maximum Gasteiger partial charge on any atom is 0.324 e. The zero-order valence-electron chi connectivity index (χ0n) is 12.2. The molecule has 0 spiro atoms. The van der Waals surface area contributed by atoms with Crippen LogP contribution in [0.4, 0.5) is 5.69 Å². The lowest BCUT2D eigenvalue weighted by atomic mass is 10.1. The SMILES string of the molecule is CS(=O)(=O)c1cc([N+](=O)[O-])c(Oc2ccc3cc(Br)ccc3c2)s1. The first-order chi connectivity index (χ1) is 11.2. The fraction of sp³-hybridized carbons (Fsp3) is 0.0667. The summed E-state index contributed by atoms with van der Waals surface area (Å²) >= 11 is 4.13. The molecule has 0 saturated heterocycles. The molecule has 0 fully saturated rings. The van der Waals surface area contributed by atoms with Crippen molar-refractivity contribution in [2.45, 2.75) is 4.21 Å². The molecule has 0 aliphatic heterocycles. The fourth-order valence-electron chi connectivity index (χ4n) is 2.09. The van der Waals surface area contributed by atoms with Crippen LogP contribution in [-0.4, -0.2) is 19.6 Å². The van der Waals surface area contributed by atoms with E-state index < -0.39 is 14.8 Å². The number of hydrogen-bond donors (Lipinski definition) is 0. The predicted octanol–water partition coefficient (Wildman–Crippen LogP) is 4.77. The van der Waals surface area contributed by atoms with Crippen LogP contribution in [0, 0.1) is 10.1 Å². The van der Waals surface area contributed by atoms with E-state index in [4.69, 9.17) is 4.74 Å². The Hall–Kier alpha value is -1.97. The van der Waals surface area contributed by atoms with Crippen molar-refractivity contribution in [3.63, 3.8) is 0 Å². The van der Waals surface area contributed by atoms with Crippen LogP contribution >= 0.6 is 27.3 Å². The highest BCUT2D eigenvalue weighted by Gasteiger charge is 2.25. The smallest absolute Gasteiger partial charge is 0.324 e. The number of nitro groups is 1. The molecule has 0 saturated carbocycles. The topological polar surface area (TPSA) is 86.5 Å². The minimum Gasteiger partial charge on any atom is -0.440 e. The summed E-state index contributed by atoms with van der Waals surface area (Å²) in [4.78, 5) is 10.5. The summed E-state index contributed by atoms with van der Waals surface area (Å²) in [5.41, 5.74) is -0.365. The summed E-state index contributed by atoms with van der Waals surface area (Å²) in [5.74, 6) is 0.398. The van der Waals surface area contributed by atoms with Gasteiger partial charge < -0.3 is 4.74 Å². The highest BCUT2D eigenvalue weighted by atomic mass is 79.9. The Kier molecular flexibility index (Phi) is 4.33. The highest BCUT2D eigenvalue weighted by Crippen LogP contribution is 2.42. The lowest BCUT2D eigenvalue weighted by Crippen LogP contribution is -1.92. The number of sulfone groups is 1. The van der Waals surface area contributed by atoms with Crippen molar-refractivity contribution in [2.24, 2.45) is 0 Å². The van der Waals surface area contributed by atoms with Gasteiger partial charge in [-0.15, -0.1) is 0 Å². The van der Waals surface area contributed by atoms with E-state index in [2.05, 4.69) is 15.9 Å². The Labute approximate surface area is 149 Å². The van der Waals surface area contributed by atoms with Crippen LogP contribution in [0.25, 0.3) is 10.8 Å². The molecule has 0 N–H and O–H groups in total. The largest absolute Gasteiger partial charge is 0.440 e. The molecule has 1 heterocycles. The van der Waals surface area contributed by atoms with Crippen molar-refractivity contribution >= 4 is 53.6 Å². The van der Waals surface area contributed by atoms with Gasteiger partial charge in [-0.1, -0.05) is 39.4 Å². The van der Waals surface area contributed by atoms with Crippen LogP contribution in [-0.2, 0) is 9.84 Å². The lowest BCUT2D eigenvalue weighted by molar-refractivity contribution is -0.385. The molecule has 0 atom stereocenters.